The Labute approximate surface area is 174 Å². The van der Waals surface area contributed by atoms with E-state index in [0.29, 0.717) is 14.9 Å². The molecule has 32 heavy (non-hydrogen) atoms. The van der Waals surface area contributed by atoms with Crippen LogP contribution >= 0.6 is 0 Å². The number of nitrogens with zero attached hydrogens (tertiary/aromatic N) is 4. The molecule has 0 atom stereocenters. The molecule has 7 nitrogen and oxygen atoms in total. The van der Waals surface area contributed by atoms with Crippen molar-refractivity contribution < 1.29 is 40.3 Å². The number of hydrogen-bond acceptors (Lipinski definition) is 4. The summed E-state index contributed by atoms with van der Waals surface area (Å²) in [5, 5.41) is 7.13. The second-order valence-electron chi connectivity index (χ2n) is 6.32. The molecule has 0 unspecified atom stereocenters. The highest BCUT2D eigenvalue weighted by Gasteiger charge is 2.45. The van der Waals surface area contributed by atoms with E-state index < -0.39 is 47.6 Å². The van der Waals surface area contributed by atoms with Crippen LogP contribution in [0.1, 0.15) is 15.9 Å². The average molecular weight is 463 g/mol. The topological polar surface area (TPSA) is 88.0 Å². The molecule has 2 heterocycles. The first-order valence-corrected chi connectivity index (χ1v) is 8.47. The van der Waals surface area contributed by atoms with Crippen LogP contribution in [0.15, 0.2) is 48.7 Å². The molecular weight excluding hydrogens is 451 g/mol. The predicted molar refractivity (Wildman–Crippen MR) is 95.2 cm³/mol. The summed E-state index contributed by atoms with van der Waals surface area (Å²) in [5.74, 6) is -5.33. The minimum absolute atomic E-state index is 0.139. The molecule has 0 aliphatic rings. The maximum absolute atomic E-state index is 13.7. The normalized spacial score (nSPS) is 12.8. The molecule has 0 aliphatic heterocycles. The summed E-state index contributed by atoms with van der Waals surface area (Å²) in [7, 11) is 1.01. The Hall–Kier alpha value is -3.84. The zero-order chi connectivity index (χ0) is 23.8. The van der Waals surface area contributed by atoms with Crippen molar-refractivity contribution in [2.24, 2.45) is 12.8 Å². The lowest BCUT2D eigenvalue weighted by Gasteiger charge is -2.13. The quantitative estimate of drug-likeness (QED) is 0.455. The second-order valence-corrected chi connectivity index (χ2v) is 6.32. The van der Waals surface area contributed by atoms with E-state index in [2.05, 4.69) is 14.9 Å². The van der Waals surface area contributed by atoms with Crippen molar-refractivity contribution in [3.63, 3.8) is 0 Å². The minimum Gasteiger partial charge on any atom is -0.429 e. The fourth-order valence-corrected chi connectivity index (χ4v) is 2.76. The van der Waals surface area contributed by atoms with E-state index in [1.165, 1.54) is 24.3 Å². The van der Waals surface area contributed by atoms with Crippen LogP contribution < -0.4 is 10.5 Å². The maximum Gasteiger partial charge on any atom is 0.452 e. The van der Waals surface area contributed by atoms with E-state index in [-0.39, 0.29) is 11.1 Å². The Morgan fingerprint density at radius 3 is 2.41 bits per heavy atom. The Balaban J connectivity index is 2.11. The molecule has 3 aromatic rings. The van der Waals surface area contributed by atoms with Crippen LogP contribution in [0.5, 0.6) is 5.88 Å². The highest BCUT2D eigenvalue weighted by Crippen LogP contribution is 2.42. The number of carbonyl (C=O) groups excluding carboxylic acids is 1. The molecular formula is C18H12F7N5O2. The molecule has 0 fully saturated rings. The van der Waals surface area contributed by atoms with Crippen LogP contribution in [0, 0.1) is 0 Å². The van der Waals surface area contributed by atoms with Gasteiger partial charge < -0.3 is 10.5 Å². The Kier molecular flexibility index (Phi) is 5.72. The third-order valence-corrected chi connectivity index (χ3v) is 4.13. The molecule has 3 rings (SSSR count). The predicted octanol–water partition coefficient (Wildman–Crippen LogP) is 4.14. The SMILES string of the molecule is Cn1nc(O/C(=C\F)C(F)(F)F)c(C(F)(F)F)c1-n1cc(-c2cccc(C(N)=O)c2)cn1. The summed E-state index contributed by atoms with van der Waals surface area (Å²) < 4.78 is 97.4. The minimum atomic E-state index is -5.39. The summed E-state index contributed by atoms with van der Waals surface area (Å²) in [4.78, 5) is 11.3. The molecule has 1 amide bonds. The number of alkyl halides is 6. The van der Waals surface area contributed by atoms with Crippen LogP contribution in [0.4, 0.5) is 30.7 Å². The van der Waals surface area contributed by atoms with Crippen molar-refractivity contribution in [1.82, 2.24) is 19.6 Å². The number of aryl methyl sites for hydroxylation is 1. The lowest BCUT2D eigenvalue weighted by Crippen LogP contribution is -2.19. The summed E-state index contributed by atoms with van der Waals surface area (Å²) >= 11 is 0. The van der Waals surface area contributed by atoms with Crippen molar-refractivity contribution in [3.05, 3.63) is 59.9 Å². The van der Waals surface area contributed by atoms with Gasteiger partial charge in [-0.15, -0.1) is 5.10 Å². The molecule has 1 aromatic carbocycles. The number of aromatic nitrogens is 4. The monoisotopic (exact) mass is 463 g/mol. The fourth-order valence-electron chi connectivity index (χ4n) is 2.76. The number of amides is 1. The van der Waals surface area contributed by atoms with Gasteiger partial charge in [0.2, 0.25) is 11.7 Å². The molecule has 0 saturated carbocycles. The molecule has 2 aromatic heterocycles. The molecule has 170 valence electrons. The van der Waals surface area contributed by atoms with E-state index in [4.69, 9.17) is 5.73 Å². The van der Waals surface area contributed by atoms with E-state index >= 15 is 0 Å². The Morgan fingerprint density at radius 1 is 1.16 bits per heavy atom. The summed E-state index contributed by atoms with van der Waals surface area (Å²) in [6, 6.07) is 5.84. The Bertz CT molecular complexity index is 1190. The number of hydrogen-bond donors (Lipinski definition) is 1. The summed E-state index contributed by atoms with van der Waals surface area (Å²) in [5.41, 5.74) is 4.30. The van der Waals surface area contributed by atoms with Crippen molar-refractivity contribution in [2.75, 3.05) is 0 Å². The smallest absolute Gasteiger partial charge is 0.429 e. The zero-order valence-corrected chi connectivity index (χ0v) is 15.9. The zero-order valence-electron chi connectivity index (χ0n) is 15.9. The van der Waals surface area contributed by atoms with Gasteiger partial charge in [-0.2, -0.15) is 31.4 Å². The molecule has 0 bridgehead atoms. The number of rotatable bonds is 5. The van der Waals surface area contributed by atoms with Crippen LogP contribution in [-0.2, 0) is 13.2 Å². The third kappa shape index (κ3) is 4.43. The lowest BCUT2D eigenvalue weighted by molar-refractivity contribution is -0.141. The first-order chi connectivity index (χ1) is 14.8. The van der Waals surface area contributed by atoms with Gasteiger partial charge in [0.1, 0.15) is 6.33 Å². The van der Waals surface area contributed by atoms with Crippen LogP contribution in [-0.4, -0.2) is 31.6 Å². The highest BCUT2D eigenvalue weighted by molar-refractivity contribution is 5.94. The molecule has 2 N–H and O–H groups in total. The number of nitrogens with two attached hydrogens (primary N) is 1. The van der Waals surface area contributed by atoms with E-state index in [9.17, 15) is 35.5 Å². The van der Waals surface area contributed by atoms with E-state index in [1.807, 2.05) is 0 Å². The van der Waals surface area contributed by atoms with Gasteiger partial charge in [-0.3, -0.25) is 4.79 Å². The van der Waals surface area contributed by atoms with Gasteiger partial charge in [-0.1, -0.05) is 12.1 Å². The average Bonchev–Trinajstić information content (AvgIpc) is 3.29. The number of carbonyl (C=O) groups is 1. The first kappa shape index (κ1) is 22.8. The third-order valence-electron chi connectivity index (χ3n) is 4.13. The second kappa shape index (κ2) is 8.01. The van der Waals surface area contributed by atoms with Gasteiger partial charge in [0.25, 0.3) is 5.88 Å². The number of benzene rings is 1. The van der Waals surface area contributed by atoms with Gasteiger partial charge in [0, 0.05) is 24.4 Å². The number of allylic oxidation sites excluding steroid dienone is 1. The Morgan fingerprint density at radius 2 is 1.84 bits per heavy atom. The number of halogens is 7. The van der Waals surface area contributed by atoms with Crippen molar-refractivity contribution >= 4 is 5.91 Å². The molecule has 14 heteroatoms. The maximum atomic E-state index is 13.7. The van der Waals surface area contributed by atoms with Crippen LogP contribution in [0.2, 0.25) is 0 Å². The standard InChI is InChI=1S/C18H12F7N5O2/c1-29-16(13(18(23,24)25)15(28-29)32-12(6-19)17(20,21)22)30-8-11(7-27-30)9-3-2-4-10(5-9)14(26)31/h2-8H,1H3,(H2,26,31)/b12-6-. The first-order valence-electron chi connectivity index (χ1n) is 8.47. The van der Waals surface area contributed by atoms with Gasteiger partial charge in [0.15, 0.2) is 11.4 Å². The lowest BCUT2D eigenvalue weighted by atomic mass is 10.1. The van der Waals surface area contributed by atoms with Gasteiger partial charge in [0.05, 0.1) is 6.20 Å². The number of primary amides is 1. The van der Waals surface area contributed by atoms with Crippen molar-refractivity contribution in [3.8, 4) is 22.8 Å². The van der Waals surface area contributed by atoms with Crippen LogP contribution in [0.3, 0.4) is 0 Å². The molecule has 0 aliphatic carbocycles. The van der Waals surface area contributed by atoms with E-state index in [0.717, 1.165) is 19.4 Å². The molecule has 0 radical (unpaired) electrons. The van der Waals surface area contributed by atoms with Crippen molar-refractivity contribution in [1.29, 1.82) is 0 Å². The molecule has 0 saturated heterocycles. The van der Waals surface area contributed by atoms with Crippen LogP contribution in [0.25, 0.3) is 16.9 Å². The summed E-state index contributed by atoms with van der Waals surface area (Å²) in [6.07, 6.45) is -9.34. The van der Waals surface area contributed by atoms with Gasteiger partial charge in [-0.05, 0) is 17.7 Å². The fraction of sp³-hybridized carbons (Fsp3) is 0.167. The number of ether oxygens (including phenoxy) is 1. The van der Waals surface area contributed by atoms with Gasteiger partial charge >= 0.3 is 12.4 Å². The highest BCUT2D eigenvalue weighted by atomic mass is 19.4. The largest absolute Gasteiger partial charge is 0.452 e. The van der Waals surface area contributed by atoms with Crippen molar-refractivity contribution in [2.45, 2.75) is 12.4 Å². The summed E-state index contributed by atoms with van der Waals surface area (Å²) in [6.45, 7) is 0. The van der Waals surface area contributed by atoms with E-state index in [1.54, 1.807) is 0 Å². The van der Waals surface area contributed by atoms with Gasteiger partial charge in [-0.25, -0.2) is 13.8 Å². The molecule has 0 spiro atoms.